The number of likely N-dealkylation sites (N-methyl/N-ethyl adjacent to an activating group) is 1. The topological polar surface area (TPSA) is 46.6 Å². The minimum Gasteiger partial charge on any atom is -0.484 e. The van der Waals surface area contributed by atoms with Gasteiger partial charge in [0.2, 0.25) is 0 Å². The van der Waals surface area contributed by atoms with Crippen molar-refractivity contribution in [2.45, 2.75) is 6.92 Å². The SMILES string of the molecule is Cc1ccccc1C=CC(=O)c1cccc(OCC(=O)N(C)C)c1. The van der Waals surface area contributed by atoms with E-state index < -0.39 is 0 Å². The van der Waals surface area contributed by atoms with E-state index in [9.17, 15) is 9.59 Å². The summed E-state index contributed by atoms with van der Waals surface area (Å²) in [5, 5.41) is 0. The van der Waals surface area contributed by atoms with E-state index in [-0.39, 0.29) is 18.3 Å². The van der Waals surface area contributed by atoms with Crippen LogP contribution in [0.2, 0.25) is 0 Å². The van der Waals surface area contributed by atoms with Gasteiger partial charge in [-0.3, -0.25) is 9.59 Å². The van der Waals surface area contributed by atoms with E-state index in [1.807, 2.05) is 31.2 Å². The van der Waals surface area contributed by atoms with Crippen molar-refractivity contribution in [3.05, 3.63) is 71.3 Å². The summed E-state index contributed by atoms with van der Waals surface area (Å²) in [6, 6.07) is 14.7. The van der Waals surface area contributed by atoms with Gasteiger partial charge in [-0.1, -0.05) is 42.5 Å². The lowest BCUT2D eigenvalue weighted by Crippen LogP contribution is -2.27. The molecule has 4 heteroatoms. The van der Waals surface area contributed by atoms with Gasteiger partial charge in [0, 0.05) is 19.7 Å². The first kappa shape index (κ1) is 17.5. The summed E-state index contributed by atoms with van der Waals surface area (Å²) in [4.78, 5) is 25.3. The highest BCUT2D eigenvalue weighted by molar-refractivity contribution is 6.07. The van der Waals surface area contributed by atoms with Crippen LogP contribution in [0.15, 0.2) is 54.6 Å². The number of ether oxygens (including phenoxy) is 1. The first-order chi connectivity index (χ1) is 11.5. The molecule has 0 unspecified atom stereocenters. The standard InChI is InChI=1S/C20H21NO3/c1-15-7-4-5-8-16(15)11-12-19(22)17-9-6-10-18(13-17)24-14-20(23)21(2)3/h4-13H,14H2,1-3H3. The van der Waals surface area contributed by atoms with Crippen molar-refractivity contribution in [1.29, 1.82) is 0 Å². The van der Waals surface area contributed by atoms with Gasteiger partial charge < -0.3 is 9.64 Å². The quantitative estimate of drug-likeness (QED) is 0.605. The molecule has 0 bridgehead atoms. The highest BCUT2D eigenvalue weighted by Crippen LogP contribution is 2.15. The summed E-state index contributed by atoms with van der Waals surface area (Å²) >= 11 is 0. The van der Waals surface area contributed by atoms with Crippen LogP contribution in [0.1, 0.15) is 21.5 Å². The molecular formula is C20H21NO3. The van der Waals surface area contributed by atoms with Crippen LogP contribution in [0.4, 0.5) is 0 Å². The molecule has 0 fully saturated rings. The second kappa shape index (κ2) is 8.11. The van der Waals surface area contributed by atoms with Gasteiger partial charge >= 0.3 is 0 Å². The highest BCUT2D eigenvalue weighted by Gasteiger charge is 2.07. The average molecular weight is 323 g/mol. The van der Waals surface area contributed by atoms with E-state index in [2.05, 4.69) is 0 Å². The lowest BCUT2D eigenvalue weighted by molar-refractivity contribution is -0.130. The number of amides is 1. The lowest BCUT2D eigenvalue weighted by Gasteiger charge is -2.11. The van der Waals surface area contributed by atoms with Crippen LogP contribution in [0.25, 0.3) is 6.08 Å². The van der Waals surface area contributed by atoms with E-state index in [0.29, 0.717) is 11.3 Å². The molecule has 0 aliphatic heterocycles. The fourth-order valence-electron chi connectivity index (χ4n) is 2.05. The molecule has 0 atom stereocenters. The van der Waals surface area contributed by atoms with Crippen LogP contribution >= 0.6 is 0 Å². The monoisotopic (exact) mass is 323 g/mol. The van der Waals surface area contributed by atoms with Gasteiger partial charge in [-0.25, -0.2) is 0 Å². The molecule has 0 radical (unpaired) electrons. The third-order valence-corrected chi connectivity index (χ3v) is 3.58. The molecule has 0 N–H and O–H groups in total. The Morgan fingerprint density at radius 1 is 1.08 bits per heavy atom. The molecule has 4 nitrogen and oxygen atoms in total. The maximum absolute atomic E-state index is 12.3. The predicted molar refractivity (Wildman–Crippen MR) is 95.2 cm³/mol. The average Bonchev–Trinajstić information content (AvgIpc) is 2.58. The van der Waals surface area contributed by atoms with E-state index in [4.69, 9.17) is 4.74 Å². The summed E-state index contributed by atoms with van der Waals surface area (Å²) in [5.41, 5.74) is 2.64. The minimum absolute atomic E-state index is 0.0519. The molecule has 2 aromatic carbocycles. The van der Waals surface area contributed by atoms with Gasteiger partial charge in [-0.15, -0.1) is 0 Å². The largest absolute Gasteiger partial charge is 0.484 e. The van der Waals surface area contributed by atoms with E-state index in [0.717, 1.165) is 11.1 Å². The Bertz CT molecular complexity index is 763. The van der Waals surface area contributed by atoms with Gasteiger partial charge in [0.05, 0.1) is 0 Å². The van der Waals surface area contributed by atoms with E-state index in [1.54, 1.807) is 50.5 Å². The number of benzene rings is 2. The maximum Gasteiger partial charge on any atom is 0.259 e. The Morgan fingerprint density at radius 2 is 1.83 bits per heavy atom. The van der Waals surface area contributed by atoms with Crippen LogP contribution in [0.5, 0.6) is 5.75 Å². The zero-order chi connectivity index (χ0) is 17.5. The van der Waals surface area contributed by atoms with Crippen molar-refractivity contribution in [1.82, 2.24) is 4.90 Å². The number of carbonyl (C=O) groups is 2. The van der Waals surface area contributed by atoms with Crippen LogP contribution in [0.3, 0.4) is 0 Å². The molecule has 0 aliphatic carbocycles. The normalized spacial score (nSPS) is 10.6. The summed E-state index contributed by atoms with van der Waals surface area (Å²) in [7, 11) is 3.34. The number of aryl methyl sites for hydroxylation is 1. The van der Waals surface area contributed by atoms with Gasteiger partial charge in [-0.2, -0.15) is 0 Å². The van der Waals surface area contributed by atoms with E-state index >= 15 is 0 Å². The first-order valence-electron chi connectivity index (χ1n) is 7.68. The summed E-state index contributed by atoms with van der Waals surface area (Å²) < 4.78 is 5.43. The van der Waals surface area contributed by atoms with Crippen molar-refractivity contribution < 1.29 is 14.3 Å². The fourth-order valence-corrected chi connectivity index (χ4v) is 2.05. The first-order valence-corrected chi connectivity index (χ1v) is 7.68. The maximum atomic E-state index is 12.3. The molecule has 124 valence electrons. The second-order valence-corrected chi connectivity index (χ2v) is 5.66. The zero-order valence-electron chi connectivity index (χ0n) is 14.2. The van der Waals surface area contributed by atoms with Crippen molar-refractivity contribution in [2.24, 2.45) is 0 Å². The molecular weight excluding hydrogens is 302 g/mol. The molecule has 0 saturated heterocycles. The fraction of sp³-hybridized carbons (Fsp3) is 0.200. The van der Waals surface area contributed by atoms with Crippen LogP contribution < -0.4 is 4.74 Å². The van der Waals surface area contributed by atoms with Gasteiger partial charge in [-0.05, 0) is 36.3 Å². The Kier molecular flexibility index (Phi) is 5.90. The third-order valence-electron chi connectivity index (χ3n) is 3.58. The van der Waals surface area contributed by atoms with Crippen LogP contribution in [-0.2, 0) is 4.79 Å². The number of hydrogen-bond donors (Lipinski definition) is 0. The number of rotatable bonds is 6. The Labute approximate surface area is 142 Å². The summed E-state index contributed by atoms with van der Waals surface area (Å²) in [6.07, 6.45) is 3.35. The van der Waals surface area contributed by atoms with Crippen LogP contribution in [0, 0.1) is 6.92 Å². The highest BCUT2D eigenvalue weighted by atomic mass is 16.5. The predicted octanol–water partition coefficient (Wildman–Crippen LogP) is 3.36. The number of allylic oxidation sites excluding steroid dienone is 1. The van der Waals surface area contributed by atoms with Gasteiger partial charge in [0.25, 0.3) is 5.91 Å². The Balaban J connectivity index is 2.06. The Hall–Kier alpha value is -2.88. The van der Waals surface area contributed by atoms with Crippen molar-refractivity contribution >= 4 is 17.8 Å². The Morgan fingerprint density at radius 3 is 2.54 bits per heavy atom. The molecule has 2 aromatic rings. The molecule has 1 amide bonds. The van der Waals surface area contributed by atoms with E-state index in [1.165, 1.54) is 4.90 Å². The van der Waals surface area contributed by atoms with Crippen molar-refractivity contribution in [3.63, 3.8) is 0 Å². The molecule has 0 saturated carbocycles. The number of nitrogens with zero attached hydrogens (tertiary/aromatic N) is 1. The smallest absolute Gasteiger partial charge is 0.259 e. The van der Waals surface area contributed by atoms with Gasteiger partial charge in [0.1, 0.15) is 5.75 Å². The minimum atomic E-state index is -0.133. The van der Waals surface area contributed by atoms with Crippen molar-refractivity contribution in [3.8, 4) is 5.75 Å². The summed E-state index contributed by atoms with van der Waals surface area (Å²) in [5.74, 6) is 0.258. The molecule has 24 heavy (non-hydrogen) atoms. The molecule has 0 spiro atoms. The number of ketones is 1. The van der Waals surface area contributed by atoms with Crippen LogP contribution in [-0.4, -0.2) is 37.3 Å². The number of carbonyl (C=O) groups excluding carboxylic acids is 2. The zero-order valence-corrected chi connectivity index (χ0v) is 14.2. The molecule has 0 aliphatic rings. The van der Waals surface area contributed by atoms with Crippen molar-refractivity contribution in [2.75, 3.05) is 20.7 Å². The summed E-state index contributed by atoms with van der Waals surface area (Å²) in [6.45, 7) is 1.95. The van der Waals surface area contributed by atoms with Gasteiger partial charge in [0.15, 0.2) is 12.4 Å². The number of hydrogen-bond acceptors (Lipinski definition) is 3. The molecule has 2 rings (SSSR count). The lowest BCUT2D eigenvalue weighted by atomic mass is 10.1. The second-order valence-electron chi connectivity index (χ2n) is 5.66. The molecule has 0 aromatic heterocycles. The third kappa shape index (κ3) is 4.81. The molecule has 0 heterocycles.